The highest BCUT2D eigenvalue weighted by Gasteiger charge is 1.99. The zero-order chi connectivity index (χ0) is 10.5. The van der Waals surface area contributed by atoms with Crippen molar-refractivity contribution in [2.45, 2.75) is 6.42 Å². The molecule has 0 aliphatic heterocycles. The Labute approximate surface area is 92.7 Å². The van der Waals surface area contributed by atoms with Gasteiger partial charge in [0, 0.05) is 37.8 Å². The molecule has 15 heavy (non-hydrogen) atoms. The first-order valence-electron chi connectivity index (χ1n) is 4.68. The Bertz CT molecular complexity index is 413. The standard InChI is InChI=1S/C10H11ClN4/c11-8-7-12-3-1-9(8)13-4-2-10-14-5-6-15-10/h1,3,5-7H,2,4H2,(H,12,13)(H,14,15). The van der Waals surface area contributed by atoms with E-state index in [0.29, 0.717) is 5.02 Å². The van der Waals surface area contributed by atoms with Crippen molar-refractivity contribution in [2.75, 3.05) is 11.9 Å². The van der Waals surface area contributed by atoms with Crippen LogP contribution in [0.2, 0.25) is 5.02 Å². The predicted octanol–water partition coefficient (Wildman–Crippen LogP) is 2.11. The molecule has 2 rings (SSSR count). The minimum atomic E-state index is 0.636. The van der Waals surface area contributed by atoms with Crippen molar-refractivity contribution < 1.29 is 0 Å². The fourth-order valence-corrected chi connectivity index (χ4v) is 1.45. The van der Waals surface area contributed by atoms with Crippen molar-refractivity contribution in [2.24, 2.45) is 0 Å². The van der Waals surface area contributed by atoms with Crippen LogP contribution in [0.1, 0.15) is 5.82 Å². The third-order valence-corrected chi connectivity index (χ3v) is 2.31. The van der Waals surface area contributed by atoms with Crippen molar-refractivity contribution in [3.8, 4) is 0 Å². The van der Waals surface area contributed by atoms with Crippen molar-refractivity contribution in [3.05, 3.63) is 41.7 Å². The lowest BCUT2D eigenvalue weighted by Gasteiger charge is -2.06. The molecule has 0 spiro atoms. The van der Waals surface area contributed by atoms with E-state index in [4.69, 9.17) is 11.6 Å². The van der Waals surface area contributed by atoms with E-state index in [0.717, 1.165) is 24.5 Å². The van der Waals surface area contributed by atoms with Crippen LogP contribution in [0.15, 0.2) is 30.9 Å². The number of nitrogens with zero attached hydrogens (tertiary/aromatic N) is 2. The Hall–Kier alpha value is -1.55. The van der Waals surface area contributed by atoms with Crippen LogP contribution in [0.3, 0.4) is 0 Å². The van der Waals surface area contributed by atoms with Gasteiger partial charge in [0.15, 0.2) is 0 Å². The molecule has 0 aromatic carbocycles. The van der Waals surface area contributed by atoms with Gasteiger partial charge in [0.2, 0.25) is 0 Å². The van der Waals surface area contributed by atoms with Gasteiger partial charge in [-0.1, -0.05) is 11.6 Å². The summed E-state index contributed by atoms with van der Waals surface area (Å²) < 4.78 is 0. The first-order valence-corrected chi connectivity index (χ1v) is 5.05. The molecular weight excluding hydrogens is 212 g/mol. The molecule has 78 valence electrons. The fraction of sp³-hybridized carbons (Fsp3) is 0.200. The minimum Gasteiger partial charge on any atom is -0.383 e. The van der Waals surface area contributed by atoms with Gasteiger partial charge in [0.25, 0.3) is 0 Å². The molecule has 0 saturated heterocycles. The van der Waals surface area contributed by atoms with Crippen LogP contribution in [0.4, 0.5) is 5.69 Å². The van der Waals surface area contributed by atoms with Gasteiger partial charge in [-0.2, -0.15) is 0 Å². The van der Waals surface area contributed by atoms with Crippen molar-refractivity contribution in [3.63, 3.8) is 0 Å². The molecule has 4 nitrogen and oxygen atoms in total. The summed E-state index contributed by atoms with van der Waals surface area (Å²) in [4.78, 5) is 11.1. The summed E-state index contributed by atoms with van der Waals surface area (Å²) in [6.45, 7) is 0.789. The summed E-state index contributed by atoms with van der Waals surface area (Å²) in [5, 5.41) is 3.86. The second kappa shape index (κ2) is 4.79. The van der Waals surface area contributed by atoms with Crippen LogP contribution in [0, 0.1) is 0 Å². The molecule has 0 amide bonds. The molecule has 0 unspecified atom stereocenters. The highest BCUT2D eigenvalue weighted by molar-refractivity contribution is 6.33. The molecule has 0 aliphatic rings. The average Bonchev–Trinajstić information content (AvgIpc) is 2.74. The molecule has 5 heteroatoms. The lowest BCUT2D eigenvalue weighted by Crippen LogP contribution is -2.06. The quantitative estimate of drug-likeness (QED) is 0.833. The second-order valence-corrected chi connectivity index (χ2v) is 3.48. The Balaban J connectivity index is 1.86. The lowest BCUT2D eigenvalue weighted by molar-refractivity contribution is 0.927. The van der Waals surface area contributed by atoms with Crippen LogP contribution in [0.5, 0.6) is 0 Å². The van der Waals surface area contributed by atoms with E-state index in [-0.39, 0.29) is 0 Å². The van der Waals surface area contributed by atoms with Gasteiger partial charge in [-0.15, -0.1) is 0 Å². The number of hydrogen-bond acceptors (Lipinski definition) is 3. The molecule has 2 aromatic rings. The molecular formula is C10H11ClN4. The number of nitrogens with one attached hydrogen (secondary N) is 2. The maximum Gasteiger partial charge on any atom is 0.107 e. The molecule has 2 aromatic heterocycles. The first kappa shape index (κ1) is 9.98. The SMILES string of the molecule is Clc1cnccc1NCCc1ncc[nH]1. The Kier molecular flexibility index (Phi) is 3.19. The van der Waals surface area contributed by atoms with Gasteiger partial charge in [0.05, 0.1) is 10.7 Å². The third kappa shape index (κ3) is 2.70. The van der Waals surface area contributed by atoms with E-state index < -0.39 is 0 Å². The number of pyridine rings is 1. The monoisotopic (exact) mass is 222 g/mol. The Morgan fingerprint density at radius 2 is 2.33 bits per heavy atom. The molecule has 0 radical (unpaired) electrons. The molecule has 0 aliphatic carbocycles. The van der Waals surface area contributed by atoms with Crippen molar-refractivity contribution >= 4 is 17.3 Å². The van der Waals surface area contributed by atoms with Gasteiger partial charge in [-0.05, 0) is 6.07 Å². The van der Waals surface area contributed by atoms with Crippen molar-refractivity contribution in [1.82, 2.24) is 15.0 Å². The van der Waals surface area contributed by atoms with E-state index in [9.17, 15) is 0 Å². The highest BCUT2D eigenvalue weighted by atomic mass is 35.5. The summed E-state index contributed by atoms with van der Waals surface area (Å²) in [6, 6.07) is 1.85. The zero-order valence-electron chi connectivity index (χ0n) is 8.07. The third-order valence-electron chi connectivity index (χ3n) is 2.00. The number of aromatic amines is 1. The number of hydrogen-bond donors (Lipinski definition) is 2. The van der Waals surface area contributed by atoms with Crippen molar-refractivity contribution in [1.29, 1.82) is 0 Å². The minimum absolute atomic E-state index is 0.636. The molecule has 0 saturated carbocycles. The summed E-state index contributed by atoms with van der Waals surface area (Å²) >= 11 is 5.94. The number of imidazole rings is 1. The highest BCUT2D eigenvalue weighted by Crippen LogP contribution is 2.18. The van der Waals surface area contributed by atoms with E-state index in [1.54, 1.807) is 18.6 Å². The summed E-state index contributed by atoms with van der Waals surface area (Å²) in [6.07, 6.45) is 7.73. The van der Waals surface area contributed by atoms with Gasteiger partial charge in [-0.25, -0.2) is 4.98 Å². The maximum absolute atomic E-state index is 5.94. The normalized spacial score (nSPS) is 10.2. The van der Waals surface area contributed by atoms with Gasteiger partial charge in [-0.3, -0.25) is 4.98 Å². The summed E-state index contributed by atoms with van der Waals surface area (Å²) in [5.74, 6) is 0.965. The lowest BCUT2D eigenvalue weighted by atomic mass is 10.3. The summed E-state index contributed by atoms with van der Waals surface area (Å²) in [5.41, 5.74) is 0.901. The molecule has 2 N–H and O–H groups in total. The second-order valence-electron chi connectivity index (χ2n) is 3.07. The predicted molar refractivity (Wildman–Crippen MR) is 60.0 cm³/mol. The number of rotatable bonds is 4. The fourth-order valence-electron chi connectivity index (χ4n) is 1.27. The average molecular weight is 223 g/mol. The van der Waals surface area contributed by atoms with Crippen LogP contribution in [-0.4, -0.2) is 21.5 Å². The van der Waals surface area contributed by atoms with Gasteiger partial charge in [0.1, 0.15) is 5.82 Å². The van der Waals surface area contributed by atoms with E-state index >= 15 is 0 Å². The smallest absolute Gasteiger partial charge is 0.107 e. The number of H-pyrrole nitrogens is 1. The maximum atomic E-state index is 5.94. The van der Waals surface area contributed by atoms with E-state index in [2.05, 4.69) is 20.3 Å². The number of halogens is 1. The molecule has 0 fully saturated rings. The van der Waals surface area contributed by atoms with E-state index in [1.807, 2.05) is 12.3 Å². The molecule has 0 bridgehead atoms. The van der Waals surface area contributed by atoms with Crippen LogP contribution in [0.25, 0.3) is 0 Å². The van der Waals surface area contributed by atoms with Crippen LogP contribution >= 0.6 is 11.6 Å². The topological polar surface area (TPSA) is 53.6 Å². The summed E-state index contributed by atoms with van der Waals surface area (Å²) in [7, 11) is 0. The van der Waals surface area contributed by atoms with E-state index in [1.165, 1.54) is 0 Å². The number of aromatic nitrogens is 3. The van der Waals surface area contributed by atoms with Crippen LogP contribution in [-0.2, 0) is 6.42 Å². The molecule has 0 atom stereocenters. The molecule has 2 heterocycles. The zero-order valence-corrected chi connectivity index (χ0v) is 8.83. The first-order chi connectivity index (χ1) is 7.36. The van der Waals surface area contributed by atoms with Gasteiger partial charge < -0.3 is 10.3 Å². The van der Waals surface area contributed by atoms with Gasteiger partial charge >= 0.3 is 0 Å². The largest absolute Gasteiger partial charge is 0.383 e. The Morgan fingerprint density at radius 1 is 1.40 bits per heavy atom. The number of anilines is 1. The van der Waals surface area contributed by atoms with Crippen LogP contribution < -0.4 is 5.32 Å². The Morgan fingerprint density at radius 3 is 3.07 bits per heavy atom.